The molecule has 1 aromatic rings. The van der Waals surface area contributed by atoms with E-state index in [4.69, 9.17) is 9.47 Å². The summed E-state index contributed by atoms with van der Waals surface area (Å²) in [6.07, 6.45) is 3.53. The molecule has 0 radical (unpaired) electrons. The molecule has 1 aromatic carbocycles. The molecule has 0 aromatic heterocycles. The van der Waals surface area contributed by atoms with E-state index in [-0.39, 0.29) is 6.61 Å². The van der Waals surface area contributed by atoms with Gasteiger partial charge >= 0.3 is 12.0 Å². The van der Waals surface area contributed by atoms with Crippen LogP contribution in [0.3, 0.4) is 0 Å². The lowest BCUT2D eigenvalue weighted by atomic mass is 9.89. The number of ether oxygens (including phenoxy) is 2. The molecule has 1 aliphatic rings. The van der Waals surface area contributed by atoms with Crippen molar-refractivity contribution in [3.05, 3.63) is 54.3 Å². The zero-order chi connectivity index (χ0) is 16.8. The fraction of sp³-hybridized carbons (Fsp3) is 0.294. The van der Waals surface area contributed by atoms with E-state index in [0.717, 1.165) is 5.56 Å². The first kappa shape index (κ1) is 16.6. The maximum Gasteiger partial charge on any atom is 0.319 e. The molecule has 23 heavy (non-hydrogen) atoms. The molecule has 0 unspecified atom stereocenters. The fourth-order valence-electron chi connectivity index (χ4n) is 2.39. The number of amides is 2. The molecule has 1 aliphatic heterocycles. The Labute approximate surface area is 135 Å². The van der Waals surface area contributed by atoms with Crippen molar-refractivity contribution in [2.45, 2.75) is 13.0 Å². The monoisotopic (exact) mass is 316 g/mol. The van der Waals surface area contributed by atoms with Crippen molar-refractivity contribution in [2.24, 2.45) is 5.92 Å². The van der Waals surface area contributed by atoms with Crippen LogP contribution in [0.4, 0.5) is 4.79 Å². The summed E-state index contributed by atoms with van der Waals surface area (Å²) in [5, 5.41) is 5.28. The summed E-state index contributed by atoms with van der Waals surface area (Å²) >= 11 is 0. The third kappa shape index (κ3) is 3.91. The van der Waals surface area contributed by atoms with Crippen molar-refractivity contribution >= 4 is 12.0 Å². The summed E-state index contributed by atoms with van der Waals surface area (Å²) < 4.78 is 10.4. The lowest BCUT2D eigenvalue weighted by Crippen LogP contribution is -2.51. The van der Waals surface area contributed by atoms with Crippen LogP contribution in [0.2, 0.25) is 0 Å². The molecule has 0 aliphatic carbocycles. The number of carbonyl (C=O) groups excluding carboxylic acids is 2. The first-order valence-electron chi connectivity index (χ1n) is 7.25. The third-order valence-electron chi connectivity index (χ3n) is 3.53. The van der Waals surface area contributed by atoms with Gasteiger partial charge in [0.1, 0.15) is 18.3 Å². The number of methoxy groups -OCH3 is 1. The second kappa shape index (κ2) is 7.49. The summed E-state index contributed by atoms with van der Waals surface area (Å²) in [4.78, 5) is 24.2. The average molecular weight is 316 g/mol. The summed E-state index contributed by atoms with van der Waals surface area (Å²) in [6, 6.07) is 6.21. The lowest BCUT2D eigenvalue weighted by molar-refractivity contribution is -0.147. The van der Waals surface area contributed by atoms with Crippen LogP contribution < -0.4 is 15.4 Å². The molecular weight excluding hydrogens is 296 g/mol. The number of rotatable bonds is 5. The Morgan fingerprint density at radius 3 is 2.91 bits per heavy atom. The van der Waals surface area contributed by atoms with E-state index in [9.17, 15) is 9.59 Å². The molecular formula is C17H20N2O4. The van der Waals surface area contributed by atoms with Gasteiger partial charge in [-0.1, -0.05) is 30.9 Å². The Bertz CT molecular complexity index is 639. The first-order chi connectivity index (χ1) is 11.1. The van der Waals surface area contributed by atoms with Crippen molar-refractivity contribution in [3.63, 3.8) is 0 Å². The minimum absolute atomic E-state index is 0.178. The van der Waals surface area contributed by atoms with E-state index in [1.807, 2.05) is 13.0 Å². The van der Waals surface area contributed by atoms with E-state index in [2.05, 4.69) is 17.2 Å². The molecule has 2 amide bonds. The number of hydrogen-bond donors (Lipinski definition) is 2. The standard InChI is InChI=1S/C17H20N2O4/c1-4-5-9-23-16(20)14-11(2)18-17(21)19-15(14)12-7-6-8-13(10-12)22-3/h4-8,10,14-15H,2,9H2,1,3H3,(H2,18,19,21)/b5-4+/t14-,15+/m0/s1. The molecule has 2 rings (SSSR count). The average Bonchev–Trinajstić information content (AvgIpc) is 2.54. The van der Waals surface area contributed by atoms with Gasteiger partial charge in [-0.3, -0.25) is 4.79 Å². The van der Waals surface area contributed by atoms with Gasteiger partial charge in [0.25, 0.3) is 0 Å². The Balaban J connectivity index is 2.29. The number of urea groups is 1. The number of allylic oxidation sites excluding steroid dienone is 1. The molecule has 1 saturated heterocycles. The highest BCUT2D eigenvalue weighted by atomic mass is 16.5. The number of carbonyl (C=O) groups is 2. The SMILES string of the molecule is C=C1NC(=O)N[C@H](c2cccc(OC)c2)[C@H]1C(=O)OC/C=C/C. The highest BCUT2D eigenvalue weighted by Crippen LogP contribution is 2.31. The van der Waals surface area contributed by atoms with Gasteiger partial charge < -0.3 is 20.1 Å². The van der Waals surface area contributed by atoms with Crippen LogP contribution >= 0.6 is 0 Å². The molecule has 2 atom stereocenters. The molecule has 1 fully saturated rings. The van der Waals surface area contributed by atoms with Gasteiger partial charge in [-0.2, -0.15) is 0 Å². The first-order valence-corrected chi connectivity index (χ1v) is 7.25. The molecule has 0 spiro atoms. The number of esters is 1. The zero-order valence-corrected chi connectivity index (χ0v) is 13.2. The second-order valence-electron chi connectivity index (χ2n) is 5.05. The summed E-state index contributed by atoms with van der Waals surface area (Å²) in [5.74, 6) is -0.527. The fourth-order valence-corrected chi connectivity index (χ4v) is 2.39. The Kier molecular flexibility index (Phi) is 5.41. The van der Waals surface area contributed by atoms with Gasteiger partial charge in [0.2, 0.25) is 0 Å². The quantitative estimate of drug-likeness (QED) is 0.645. The zero-order valence-electron chi connectivity index (χ0n) is 13.2. The smallest absolute Gasteiger partial charge is 0.319 e. The van der Waals surface area contributed by atoms with Gasteiger partial charge in [0.15, 0.2) is 0 Å². The normalized spacial score (nSPS) is 20.8. The highest BCUT2D eigenvalue weighted by Gasteiger charge is 2.38. The van der Waals surface area contributed by atoms with Crippen LogP contribution in [0, 0.1) is 5.92 Å². The maximum absolute atomic E-state index is 12.4. The van der Waals surface area contributed by atoms with Crippen LogP contribution in [-0.4, -0.2) is 25.7 Å². The van der Waals surface area contributed by atoms with E-state index in [1.165, 1.54) is 0 Å². The minimum Gasteiger partial charge on any atom is -0.497 e. The van der Waals surface area contributed by atoms with E-state index in [0.29, 0.717) is 11.4 Å². The minimum atomic E-state index is -0.718. The highest BCUT2D eigenvalue weighted by molar-refractivity contribution is 5.85. The third-order valence-corrected chi connectivity index (χ3v) is 3.53. The van der Waals surface area contributed by atoms with E-state index in [1.54, 1.807) is 37.5 Å². The molecule has 2 N–H and O–H groups in total. The van der Waals surface area contributed by atoms with Crippen molar-refractivity contribution in [2.75, 3.05) is 13.7 Å². The molecule has 6 heteroatoms. The molecule has 122 valence electrons. The molecule has 0 bridgehead atoms. The van der Waals surface area contributed by atoms with Gasteiger partial charge in [-0.25, -0.2) is 4.79 Å². The lowest BCUT2D eigenvalue weighted by Gasteiger charge is -2.33. The largest absolute Gasteiger partial charge is 0.497 e. The van der Waals surface area contributed by atoms with Gasteiger partial charge in [0.05, 0.1) is 13.2 Å². The summed E-state index contributed by atoms with van der Waals surface area (Å²) in [5.41, 5.74) is 1.06. The van der Waals surface area contributed by atoms with Crippen LogP contribution in [0.15, 0.2) is 48.7 Å². The van der Waals surface area contributed by atoms with E-state index >= 15 is 0 Å². The van der Waals surface area contributed by atoms with Crippen LogP contribution in [0.25, 0.3) is 0 Å². The predicted molar refractivity (Wildman–Crippen MR) is 85.8 cm³/mol. The van der Waals surface area contributed by atoms with Crippen molar-refractivity contribution in [1.29, 1.82) is 0 Å². The second-order valence-corrected chi connectivity index (χ2v) is 5.05. The molecule has 1 heterocycles. The molecule has 6 nitrogen and oxygen atoms in total. The van der Waals surface area contributed by atoms with Crippen LogP contribution in [-0.2, 0) is 9.53 Å². The van der Waals surface area contributed by atoms with Crippen molar-refractivity contribution in [3.8, 4) is 5.75 Å². The predicted octanol–water partition coefficient (Wildman–Crippen LogP) is 2.30. The molecule has 0 saturated carbocycles. The number of hydrogen-bond acceptors (Lipinski definition) is 4. The van der Waals surface area contributed by atoms with Crippen LogP contribution in [0.1, 0.15) is 18.5 Å². The Morgan fingerprint density at radius 2 is 2.22 bits per heavy atom. The van der Waals surface area contributed by atoms with Crippen molar-refractivity contribution in [1.82, 2.24) is 10.6 Å². The van der Waals surface area contributed by atoms with Gasteiger partial charge in [-0.15, -0.1) is 0 Å². The maximum atomic E-state index is 12.4. The summed E-state index contributed by atoms with van der Waals surface area (Å²) in [6.45, 7) is 5.81. The van der Waals surface area contributed by atoms with Gasteiger partial charge in [-0.05, 0) is 24.6 Å². The summed E-state index contributed by atoms with van der Waals surface area (Å²) in [7, 11) is 1.56. The van der Waals surface area contributed by atoms with Crippen molar-refractivity contribution < 1.29 is 19.1 Å². The van der Waals surface area contributed by atoms with E-state index < -0.39 is 24.0 Å². The topological polar surface area (TPSA) is 76.7 Å². The van der Waals surface area contributed by atoms with Crippen LogP contribution in [0.5, 0.6) is 5.75 Å². The Hall–Kier alpha value is -2.76. The van der Waals surface area contributed by atoms with Gasteiger partial charge in [0, 0.05) is 5.70 Å². The Morgan fingerprint density at radius 1 is 1.43 bits per heavy atom. The number of benzene rings is 1. The number of nitrogens with one attached hydrogen (secondary N) is 2.